The molecule has 0 heterocycles. The third-order valence-corrected chi connectivity index (χ3v) is 1.44. The normalized spacial score (nSPS) is 32.3. The molecule has 1 fully saturated rings. The van der Waals surface area contributed by atoms with Crippen LogP contribution in [0.2, 0.25) is 0 Å². The molecule has 9 heavy (non-hydrogen) atoms. The lowest BCUT2D eigenvalue weighted by Gasteiger charge is -2.06. The van der Waals surface area contributed by atoms with Crippen molar-refractivity contribution in [1.82, 2.24) is 0 Å². The summed E-state index contributed by atoms with van der Waals surface area (Å²) in [6, 6.07) is 0. The van der Waals surface area contributed by atoms with Crippen LogP contribution in [0.15, 0.2) is 0 Å². The van der Waals surface area contributed by atoms with Gasteiger partial charge in [-0.1, -0.05) is 0 Å². The van der Waals surface area contributed by atoms with Crippen LogP contribution >= 0.6 is 0 Å². The lowest BCUT2D eigenvalue weighted by Crippen LogP contribution is -2.17. The summed E-state index contributed by atoms with van der Waals surface area (Å²) in [5, 5.41) is 0. The highest BCUT2D eigenvalue weighted by molar-refractivity contribution is 5.01. The second-order valence-corrected chi connectivity index (χ2v) is 2.47. The van der Waals surface area contributed by atoms with Gasteiger partial charge in [-0.25, -0.2) is 17.6 Å². The number of halogens is 4. The van der Waals surface area contributed by atoms with Gasteiger partial charge in [-0.2, -0.15) is 0 Å². The molecule has 0 saturated heterocycles. The largest absolute Gasteiger partial charge is 0.257 e. The topological polar surface area (TPSA) is 0 Å². The molecule has 0 amide bonds. The standard InChI is InChI=1S/C5H6F4/c1-4(6,7)3-2-5(3,8)9/h3H,2H2,1H3. The van der Waals surface area contributed by atoms with E-state index in [1.54, 1.807) is 0 Å². The molecule has 0 radical (unpaired) electrons. The van der Waals surface area contributed by atoms with Crippen molar-refractivity contribution >= 4 is 0 Å². The molecule has 0 aromatic carbocycles. The van der Waals surface area contributed by atoms with E-state index < -0.39 is 24.2 Å². The van der Waals surface area contributed by atoms with Crippen LogP contribution in [0.4, 0.5) is 17.6 Å². The van der Waals surface area contributed by atoms with Gasteiger partial charge in [0, 0.05) is 6.42 Å². The Morgan fingerprint density at radius 3 is 1.78 bits per heavy atom. The van der Waals surface area contributed by atoms with Gasteiger partial charge in [0.15, 0.2) is 0 Å². The first-order valence-electron chi connectivity index (χ1n) is 2.60. The Balaban J connectivity index is 2.52. The molecule has 4 heteroatoms. The van der Waals surface area contributed by atoms with Crippen LogP contribution in [0, 0.1) is 5.92 Å². The Hall–Kier alpha value is -0.280. The predicted octanol–water partition coefficient (Wildman–Crippen LogP) is 2.30. The number of rotatable bonds is 1. The van der Waals surface area contributed by atoms with Crippen LogP contribution in [0.1, 0.15) is 13.3 Å². The first-order chi connectivity index (χ1) is 3.84. The zero-order chi connectivity index (χ0) is 7.28. The fourth-order valence-corrected chi connectivity index (χ4v) is 0.763. The van der Waals surface area contributed by atoms with Gasteiger partial charge in [0.2, 0.25) is 0 Å². The smallest absolute Gasteiger partial charge is 0.207 e. The molecule has 0 aromatic rings. The molecule has 0 spiro atoms. The molecular weight excluding hydrogens is 136 g/mol. The maximum atomic E-state index is 11.9. The van der Waals surface area contributed by atoms with E-state index in [1.165, 1.54) is 0 Å². The van der Waals surface area contributed by atoms with Crippen molar-refractivity contribution in [2.45, 2.75) is 25.2 Å². The van der Waals surface area contributed by atoms with Crippen LogP contribution in [0.5, 0.6) is 0 Å². The SMILES string of the molecule is CC(F)(F)C1CC1(F)F. The predicted molar refractivity (Wildman–Crippen MR) is 23.7 cm³/mol. The van der Waals surface area contributed by atoms with Crippen molar-refractivity contribution in [2.75, 3.05) is 0 Å². The average Bonchev–Trinajstić information content (AvgIpc) is 2.10. The van der Waals surface area contributed by atoms with E-state index in [9.17, 15) is 17.6 Å². The molecule has 1 saturated carbocycles. The van der Waals surface area contributed by atoms with E-state index in [0.717, 1.165) is 0 Å². The Kier molecular flexibility index (Phi) is 1.07. The number of hydrogen-bond donors (Lipinski definition) is 0. The van der Waals surface area contributed by atoms with Crippen molar-refractivity contribution in [3.8, 4) is 0 Å². The van der Waals surface area contributed by atoms with Gasteiger partial charge in [0.1, 0.15) is 0 Å². The summed E-state index contributed by atoms with van der Waals surface area (Å²) >= 11 is 0. The summed E-state index contributed by atoms with van der Waals surface area (Å²) in [7, 11) is 0. The maximum absolute atomic E-state index is 11.9. The van der Waals surface area contributed by atoms with Crippen molar-refractivity contribution in [1.29, 1.82) is 0 Å². The zero-order valence-corrected chi connectivity index (χ0v) is 4.80. The van der Waals surface area contributed by atoms with E-state index in [1.807, 2.05) is 0 Å². The van der Waals surface area contributed by atoms with Crippen molar-refractivity contribution < 1.29 is 17.6 Å². The molecule has 0 bridgehead atoms. The van der Waals surface area contributed by atoms with Crippen LogP contribution in [-0.2, 0) is 0 Å². The van der Waals surface area contributed by atoms with Crippen LogP contribution in [0.3, 0.4) is 0 Å². The van der Waals surface area contributed by atoms with Gasteiger partial charge in [0.05, 0.1) is 5.92 Å². The molecule has 54 valence electrons. The molecule has 1 atom stereocenters. The van der Waals surface area contributed by atoms with Gasteiger partial charge >= 0.3 is 0 Å². The third-order valence-electron chi connectivity index (χ3n) is 1.44. The van der Waals surface area contributed by atoms with Crippen molar-refractivity contribution in [3.63, 3.8) is 0 Å². The van der Waals surface area contributed by atoms with Gasteiger partial charge < -0.3 is 0 Å². The number of hydrogen-bond acceptors (Lipinski definition) is 0. The molecule has 1 rings (SSSR count). The van der Waals surface area contributed by atoms with E-state index in [-0.39, 0.29) is 0 Å². The average molecular weight is 142 g/mol. The quantitative estimate of drug-likeness (QED) is 0.493. The second kappa shape index (κ2) is 1.41. The van der Waals surface area contributed by atoms with Crippen molar-refractivity contribution in [2.24, 2.45) is 5.92 Å². The fourth-order valence-electron chi connectivity index (χ4n) is 0.763. The lowest BCUT2D eigenvalue weighted by molar-refractivity contribution is -0.0455. The second-order valence-electron chi connectivity index (χ2n) is 2.47. The minimum Gasteiger partial charge on any atom is -0.207 e. The Morgan fingerprint density at radius 1 is 1.44 bits per heavy atom. The van der Waals surface area contributed by atoms with Gasteiger partial charge in [0.25, 0.3) is 11.8 Å². The molecule has 0 N–H and O–H groups in total. The van der Waals surface area contributed by atoms with Gasteiger partial charge in [-0.3, -0.25) is 0 Å². The van der Waals surface area contributed by atoms with E-state index in [2.05, 4.69) is 0 Å². The summed E-state index contributed by atoms with van der Waals surface area (Å²) in [5.74, 6) is -8.01. The summed E-state index contributed by atoms with van der Waals surface area (Å²) < 4.78 is 47.5. The van der Waals surface area contributed by atoms with Crippen LogP contribution in [0.25, 0.3) is 0 Å². The first-order valence-corrected chi connectivity index (χ1v) is 2.60. The Bertz CT molecular complexity index is 123. The Morgan fingerprint density at radius 2 is 1.78 bits per heavy atom. The summed E-state index contributed by atoms with van der Waals surface area (Å²) in [6.07, 6.45) is -0.656. The molecule has 0 aromatic heterocycles. The number of alkyl halides is 4. The minimum absolute atomic E-state index is 0.526. The van der Waals surface area contributed by atoms with E-state index in [4.69, 9.17) is 0 Å². The molecule has 1 unspecified atom stereocenters. The Labute approximate surface area is 49.9 Å². The minimum atomic E-state index is -3.20. The molecule has 0 aliphatic heterocycles. The molecule has 1 aliphatic carbocycles. The van der Waals surface area contributed by atoms with Gasteiger partial charge in [-0.05, 0) is 6.92 Å². The monoisotopic (exact) mass is 142 g/mol. The fraction of sp³-hybridized carbons (Fsp3) is 1.00. The van der Waals surface area contributed by atoms with E-state index >= 15 is 0 Å². The van der Waals surface area contributed by atoms with E-state index in [0.29, 0.717) is 6.92 Å². The molecular formula is C5H6F4. The van der Waals surface area contributed by atoms with Crippen LogP contribution < -0.4 is 0 Å². The highest BCUT2D eigenvalue weighted by atomic mass is 19.3. The first kappa shape index (κ1) is 6.83. The molecule has 0 nitrogen and oxygen atoms in total. The van der Waals surface area contributed by atoms with Gasteiger partial charge in [-0.15, -0.1) is 0 Å². The summed E-state index contributed by atoms with van der Waals surface area (Å²) in [6.45, 7) is 0.526. The third kappa shape index (κ3) is 1.17. The highest BCUT2D eigenvalue weighted by Gasteiger charge is 2.66. The summed E-state index contributed by atoms with van der Waals surface area (Å²) in [5.41, 5.74) is 0. The highest BCUT2D eigenvalue weighted by Crippen LogP contribution is 2.56. The maximum Gasteiger partial charge on any atom is 0.257 e. The van der Waals surface area contributed by atoms with Crippen LogP contribution in [-0.4, -0.2) is 11.8 Å². The van der Waals surface area contributed by atoms with Crippen molar-refractivity contribution in [3.05, 3.63) is 0 Å². The zero-order valence-electron chi connectivity index (χ0n) is 4.80. The summed E-state index contributed by atoms with van der Waals surface area (Å²) in [4.78, 5) is 0. The molecule has 1 aliphatic rings. The lowest BCUT2D eigenvalue weighted by atomic mass is 10.2.